The van der Waals surface area contributed by atoms with Crippen LogP contribution < -0.4 is 4.74 Å². The molecular formula is C35H38FN5O4. The van der Waals surface area contributed by atoms with Crippen LogP contribution in [0.25, 0.3) is 21.8 Å². The zero-order valence-corrected chi connectivity index (χ0v) is 26.1. The van der Waals surface area contributed by atoms with Gasteiger partial charge in [0.05, 0.1) is 18.2 Å². The first-order valence-electron chi connectivity index (χ1n) is 14.8. The van der Waals surface area contributed by atoms with Crippen LogP contribution in [0.15, 0.2) is 79.1 Å². The van der Waals surface area contributed by atoms with Crippen LogP contribution in [0.4, 0.5) is 4.39 Å². The summed E-state index contributed by atoms with van der Waals surface area (Å²) in [6, 6.07) is 20.1. The summed E-state index contributed by atoms with van der Waals surface area (Å²) in [6.45, 7) is 5.87. The number of benzene rings is 3. The first-order chi connectivity index (χ1) is 21.6. The summed E-state index contributed by atoms with van der Waals surface area (Å²) in [5.41, 5.74) is 3.37. The van der Waals surface area contributed by atoms with Crippen molar-refractivity contribution >= 4 is 39.4 Å². The number of piperazine rings is 1. The highest BCUT2D eigenvalue weighted by Gasteiger charge is 2.34. The molecule has 2 aromatic heterocycles. The lowest BCUT2D eigenvalue weighted by Gasteiger charge is -2.44. The van der Waals surface area contributed by atoms with Crippen LogP contribution in [-0.2, 0) is 11.3 Å². The van der Waals surface area contributed by atoms with Gasteiger partial charge in [0, 0.05) is 80.7 Å². The number of carbonyl (C=O) groups is 3. The predicted molar refractivity (Wildman–Crippen MR) is 173 cm³/mol. The van der Waals surface area contributed by atoms with Crippen molar-refractivity contribution in [2.75, 3.05) is 34.3 Å². The molecule has 0 saturated carbocycles. The van der Waals surface area contributed by atoms with E-state index in [1.165, 1.54) is 55.3 Å². The Bertz CT molecular complexity index is 1800. The number of nitrogens with one attached hydrogen (secondary N) is 2. The van der Waals surface area contributed by atoms with E-state index in [2.05, 4.69) is 40.0 Å². The Kier molecular flexibility index (Phi) is 9.34. The van der Waals surface area contributed by atoms with Crippen LogP contribution in [0, 0.1) is 5.82 Å². The largest absolute Gasteiger partial charge is 0.496 e. The molecule has 1 aliphatic rings. The molecule has 234 valence electrons. The molecule has 2 N–H and O–H groups in total. The van der Waals surface area contributed by atoms with Gasteiger partial charge >= 0.3 is 0 Å². The zero-order valence-electron chi connectivity index (χ0n) is 26.1. The average Bonchev–Trinajstić information content (AvgIpc) is 3.69. The third-order valence-electron chi connectivity index (χ3n) is 8.21. The number of para-hydroxylation sites is 1. The van der Waals surface area contributed by atoms with Crippen LogP contribution in [-0.4, -0.2) is 88.6 Å². The second kappa shape index (κ2) is 13.4. The maximum Gasteiger partial charge on any atom is 0.294 e. The standard InChI is InChI=1S/C27H31FN4O4.C8H7N/c1-16-14-32(17(2)13-31(16)15-18-6-8-19(28)9-7-18)26(34)21-10-20-22(25(33)27(35)30(3)4)12-29-23(20)11-24(21)36-5;1-2-4-8-7(3-1)5-6-9-8/h6-12,16-17,29H,13-15H2,1-5H3;1-6,9H/t16-,17+;/m0./s1. The molecule has 1 fully saturated rings. The number of aromatic nitrogens is 2. The van der Waals surface area contributed by atoms with Crippen LogP contribution in [0.2, 0.25) is 0 Å². The second-order valence-corrected chi connectivity index (χ2v) is 11.6. The Balaban J connectivity index is 0.000000377. The molecule has 0 aliphatic carbocycles. The summed E-state index contributed by atoms with van der Waals surface area (Å²) in [6.07, 6.45) is 3.44. The van der Waals surface area contributed by atoms with E-state index in [0.29, 0.717) is 41.9 Å². The summed E-state index contributed by atoms with van der Waals surface area (Å²) in [5.74, 6) is -1.36. The highest BCUT2D eigenvalue weighted by molar-refractivity contribution is 6.44. The van der Waals surface area contributed by atoms with Gasteiger partial charge in [-0.3, -0.25) is 19.3 Å². The van der Waals surface area contributed by atoms with Gasteiger partial charge in [-0.05, 0) is 55.1 Å². The van der Waals surface area contributed by atoms with Gasteiger partial charge in [-0.25, -0.2) is 4.39 Å². The minimum absolute atomic E-state index is 0.0760. The normalized spacial score (nSPS) is 16.7. The quantitative estimate of drug-likeness (QED) is 0.195. The number of ketones is 1. The van der Waals surface area contributed by atoms with Gasteiger partial charge in [-0.15, -0.1) is 0 Å². The molecule has 0 unspecified atom stereocenters. The monoisotopic (exact) mass is 611 g/mol. The first-order valence-corrected chi connectivity index (χ1v) is 14.8. The number of ether oxygens (including phenoxy) is 1. The molecule has 0 radical (unpaired) electrons. The number of fused-ring (bicyclic) bond motifs is 2. The Morgan fingerprint density at radius 2 is 1.64 bits per heavy atom. The van der Waals surface area contributed by atoms with Gasteiger partial charge in [0.1, 0.15) is 11.6 Å². The van der Waals surface area contributed by atoms with E-state index in [0.717, 1.165) is 5.56 Å². The van der Waals surface area contributed by atoms with Crippen molar-refractivity contribution in [3.05, 3.63) is 102 Å². The van der Waals surface area contributed by atoms with E-state index in [4.69, 9.17) is 4.74 Å². The van der Waals surface area contributed by atoms with Crippen molar-refractivity contribution in [1.82, 2.24) is 24.7 Å². The summed E-state index contributed by atoms with van der Waals surface area (Å²) in [4.78, 5) is 50.2. The summed E-state index contributed by atoms with van der Waals surface area (Å²) < 4.78 is 18.8. The number of aromatic amines is 2. The second-order valence-electron chi connectivity index (χ2n) is 11.6. The van der Waals surface area contributed by atoms with E-state index >= 15 is 0 Å². The molecule has 9 nitrogen and oxygen atoms in total. The number of nitrogens with zero attached hydrogens (tertiary/aromatic N) is 3. The molecule has 2 atom stereocenters. The minimum Gasteiger partial charge on any atom is -0.496 e. The predicted octanol–water partition coefficient (Wildman–Crippen LogP) is 5.49. The SMILES string of the molecule is COc1cc2[nH]cc(C(=O)C(=O)N(C)C)c2cc1C(=O)N1C[C@H](C)N(Cc2ccc(F)cc2)C[C@H]1C.c1ccc2[nH]ccc2c1. The third-order valence-corrected chi connectivity index (χ3v) is 8.21. The van der Waals surface area contributed by atoms with Crippen LogP contribution in [0.5, 0.6) is 5.75 Å². The average molecular weight is 612 g/mol. The Hall–Kier alpha value is -4.96. The van der Waals surface area contributed by atoms with Crippen molar-refractivity contribution in [3.8, 4) is 5.75 Å². The van der Waals surface area contributed by atoms with Crippen molar-refractivity contribution in [2.24, 2.45) is 0 Å². The summed E-state index contributed by atoms with van der Waals surface area (Å²) in [7, 11) is 4.53. The number of rotatable bonds is 6. The summed E-state index contributed by atoms with van der Waals surface area (Å²) >= 11 is 0. The molecule has 5 aromatic rings. The molecule has 10 heteroatoms. The number of H-pyrrole nitrogens is 2. The fourth-order valence-electron chi connectivity index (χ4n) is 5.67. The highest BCUT2D eigenvalue weighted by Crippen LogP contribution is 2.31. The first kappa shape index (κ1) is 31.5. The molecule has 1 saturated heterocycles. The molecule has 0 spiro atoms. The molecular weight excluding hydrogens is 573 g/mol. The Morgan fingerprint density at radius 3 is 2.33 bits per heavy atom. The fourth-order valence-corrected chi connectivity index (χ4v) is 5.67. The lowest BCUT2D eigenvalue weighted by molar-refractivity contribution is -0.124. The van der Waals surface area contributed by atoms with E-state index < -0.39 is 11.7 Å². The lowest BCUT2D eigenvalue weighted by Crippen LogP contribution is -2.57. The van der Waals surface area contributed by atoms with Crippen LogP contribution in [0.3, 0.4) is 0 Å². The van der Waals surface area contributed by atoms with E-state index in [-0.39, 0.29) is 29.4 Å². The maximum atomic E-state index is 13.7. The molecule has 45 heavy (non-hydrogen) atoms. The van der Waals surface area contributed by atoms with Crippen molar-refractivity contribution in [3.63, 3.8) is 0 Å². The number of methoxy groups -OCH3 is 1. The number of halogens is 1. The molecule has 3 aromatic carbocycles. The topological polar surface area (TPSA) is 102 Å². The smallest absolute Gasteiger partial charge is 0.294 e. The van der Waals surface area contributed by atoms with Gasteiger partial charge in [-0.2, -0.15) is 0 Å². The summed E-state index contributed by atoms with van der Waals surface area (Å²) in [5, 5.41) is 1.77. The molecule has 0 bridgehead atoms. The van der Waals surface area contributed by atoms with Gasteiger partial charge in [0.2, 0.25) is 0 Å². The molecule has 6 rings (SSSR count). The van der Waals surface area contributed by atoms with Gasteiger partial charge in [0.25, 0.3) is 17.6 Å². The number of carbonyl (C=O) groups excluding carboxylic acids is 3. The Labute approximate surface area is 261 Å². The lowest BCUT2D eigenvalue weighted by atomic mass is 10.0. The van der Waals surface area contributed by atoms with Crippen LogP contribution in [0.1, 0.15) is 40.1 Å². The fraction of sp³-hybridized carbons (Fsp3) is 0.286. The van der Waals surface area contributed by atoms with E-state index in [1.54, 1.807) is 24.3 Å². The van der Waals surface area contributed by atoms with Crippen LogP contribution >= 0.6 is 0 Å². The maximum absolute atomic E-state index is 13.7. The van der Waals surface area contributed by atoms with Gasteiger partial charge in [-0.1, -0.05) is 30.3 Å². The third kappa shape index (κ3) is 6.76. The van der Waals surface area contributed by atoms with E-state index in [9.17, 15) is 18.8 Å². The van der Waals surface area contributed by atoms with Gasteiger partial charge < -0.3 is 24.5 Å². The number of amides is 2. The van der Waals surface area contributed by atoms with Gasteiger partial charge in [0.15, 0.2) is 0 Å². The van der Waals surface area contributed by atoms with E-state index in [1.807, 2.05) is 30.2 Å². The zero-order chi connectivity index (χ0) is 32.2. The molecule has 2 amide bonds. The number of hydrogen-bond donors (Lipinski definition) is 2. The highest BCUT2D eigenvalue weighted by atomic mass is 19.1. The molecule has 3 heterocycles. The minimum atomic E-state index is -0.647. The van der Waals surface area contributed by atoms with Crippen molar-refractivity contribution in [2.45, 2.75) is 32.5 Å². The number of hydrogen-bond acceptors (Lipinski definition) is 5. The Morgan fingerprint density at radius 1 is 0.911 bits per heavy atom. The van der Waals surface area contributed by atoms with Crippen molar-refractivity contribution < 1.29 is 23.5 Å². The molecule has 1 aliphatic heterocycles. The number of likely N-dealkylation sites (N-methyl/N-ethyl adjacent to an activating group) is 1. The van der Waals surface area contributed by atoms with Crippen molar-refractivity contribution in [1.29, 1.82) is 0 Å². The number of Topliss-reactive ketones (excluding diaryl/α,β-unsaturated/α-hetero) is 1.